The van der Waals surface area contributed by atoms with Gasteiger partial charge < -0.3 is 10.2 Å². The fraction of sp³-hybridized carbons (Fsp3) is 0.333. The van der Waals surface area contributed by atoms with Gasteiger partial charge >= 0.3 is 0 Å². The highest BCUT2D eigenvalue weighted by Gasteiger charge is 2.09. The smallest absolute Gasteiger partial charge is 0.251 e. The van der Waals surface area contributed by atoms with E-state index in [1.807, 2.05) is 44.2 Å². The predicted octanol–water partition coefficient (Wildman–Crippen LogP) is 1.48. The lowest BCUT2D eigenvalue weighted by Crippen LogP contribution is -2.31. The maximum Gasteiger partial charge on any atom is 0.251 e. The van der Waals surface area contributed by atoms with Gasteiger partial charge in [0.2, 0.25) is 0 Å². The number of benzene rings is 1. The largest absolute Gasteiger partial charge is 0.351 e. The summed E-state index contributed by atoms with van der Waals surface area (Å²) in [4.78, 5) is 14.1. The van der Waals surface area contributed by atoms with Crippen molar-refractivity contribution in [1.82, 2.24) is 20.4 Å². The summed E-state index contributed by atoms with van der Waals surface area (Å²) >= 11 is 0. The van der Waals surface area contributed by atoms with Gasteiger partial charge in [-0.15, -0.1) is 0 Å². The molecule has 2 aromatic rings. The van der Waals surface area contributed by atoms with Crippen LogP contribution >= 0.6 is 0 Å². The lowest BCUT2D eigenvalue weighted by molar-refractivity contribution is 0.0951. The molecule has 0 saturated heterocycles. The quantitative estimate of drug-likeness (QED) is 0.866. The molecule has 5 nitrogen and oxygen atoms in total. The first-order valence-electron chi connectivity index (χ1n) is 6.52. The van der Waals surface area contributed by atoms with Gasteiger partial charge in [0.1, 0.15) is 0 Å². The Morgan fingerprint density at radius 1 is 1.45 bits per heavy atom. The van der Waals surface area contributed by atoms with Crippen LogP contribution in [0.15, 0.2) is 24.4 Å². The number of nitrogens with zero attached hydrogens (tertiary/aromatic N) is 2. The van der Waals surface area contributed by atoms with Crippen molar-refractivity contribution in [3.05, 3.63) is 41.7 Å². The Kier molecular flexibility index (Phi) is 4.53. The van der Waals surface area contributed by atoms with E-state index < -0.39 is 0 Å². The third-order valence-electron chi connectivity index (χ3n) is 3.04. The van der Waals surface area contributed by atoms with Gasteiger partial charge in [0.25, 0.3) is 5.91 Å². The number of carbonyl (C=O) groups is 1. The van der Waals surface area contributed by atoms with Crippen LogP contribution in [0, 0.1) is 13.0 Å². The van der Waals surface area contributed by atoms with Crippen LogP contribution in [0.5, 0.6) is 0 Å². The number of nitrogens with one attached hydrogen (secondary N) is 2. The summed E-state index contributed by atoms with van der Waals surface area (Å²) in [6.07, 6.45) is 1.83. The normalized spacial score (nSPS) is 10.8. The summed E-state index contributed by atoms with van der Waals surface area (Å²) in [5.41, 5.74) is 3.45. The lowest BCUT2D eigenvalue weighted by atomic mass is 10.0. The summed E-state index contributed by atoms with van der Waals surface area (Å²) in [7, 11) is 3.95. The zero-order valence-electron chi connectivity index (χ0n) is 12.0. The predicted molar refractivity (Wildman–Crippen MR) is 78.5 cm³/mol. The summed E-state index contributed by atoms with van der Waals surface area (Å²) in [5.74, 6) is -0.0777. The zero-order valence-corrected chi connectivity index (χ0v) is 12.0. The number of aromatic nitrogens is 2. The van der Waals surface area contributed by atoms with Crippen LogP contribution in [0.1, 0.15) is 16.1 Å². The highest BCUT2D eigenvalue weighted by atomic mass is 16.1. The number of carbonyl (C=O) groups excluding carboxylic acids is 1. The molecular formula is C15H19N4O. The van der Waals surface area contributed by atoms with Crippen molar-refractivity contribution in [2.75, 3.05) is 27.2 Å². The molecule has 0 aliphatic rings. The van der Waals surface area contributed by atoms with E-state index in [9.17, 15) is 4.79 Å². The molecule has 1 heterocycles. The first-order chi connectivity index (χ1) is 9.58. The maximum atomic E-state index is 12.1. The topological polar surface area (TPSA) is 61.0 Å². The van der Waals surface area contributed by atoms with E-state index in [-0.39, 0.29) is 5.91 Å². The van der Waals surface area contributed by atoms with Crippen molar-refractivity contribution in [1.29, 1.82) is 0 Å². The van der Waals surface area contributed by atoms with Gasteiger partial charge in [-0.05, 0) is 50.8 Å². The van der Waals surface area contributed by atoms with Gasteiger partial charge in [0, 0.05) is 30.4 Å². The average molecular weight is 271 g/mol. The first-order valence-corrected chi connectivity index (χ1v) is 6.52. The number of hydrogen-bond acceptors (Lipinski definition) is 3. The number of H-pyrrole nitrogens is 1. The molecule has 0 spiro atoms. The minimum atomic E-state index is -0.0777. The number of aryl methyl sites for hydroxylation is 1. The van der Waals surface area contributed by atoms with Gasteiger partial charge in [-0.1, -0.05) is 0 Å². The van der Waals surface area contributed by atoms with Crippen molar-refractivity contribution in [3.63, 3.8) is 0 Å². The highest BCUT2D eigenvalue weighted by molar-refractivity contribution is 5.95. The summed E-state index contributed by atoms with van der Waals surface area (Å²) in [6.45, 7) is 3.37. The Bertz CT molecular complexity index is 589. The molecule has 20 heavy (non-hydrogen) atoms. The van der Waals surface area contributed by atoms with E-state index in [0.29, 0.717) is 12.1 Å². The zero-order chi connectivity index (χ0) is 14.5. The van der Waals surface area contributed by atoms with E-state index in [2.05, 4.69) is 21.6 Å². The molecule has 2 rings (SSSR count). The Hall–Kier alpha value is -2.14. The minimum absolute atomic E-state index is 0.0777. The van der Waals surface area contributed by atoms with Gasteiger partial charge in [-0.2, -0.15) is 5.10 Å². The molecule has 2 N–H and O–H groups in total. The molecule has 0 saturated carbocycles. The van der Waals surface area contributed by atoms with Crippen molar-refractivity contribution < 1.29 is 4.79 Å². The lowest BCUT2D eigenvalue weighted by Gasteiger charge is -2.10. The van der Waals surface area contributed by atoms with Gasteiger partial charge in [0.15, 0.2) is 0 Å². The van der Waals surface area contributed by atoms with Crippen LogP contribution < -0.4 is 5.32 Å². The van der Waals surface area contributed by atoms with E-state index in [4.69, 9.17) is 0 Å². The number of amides is 1. The molecule has 0 bridgehead atoms. The molecule has 0 fully saturated rings. The van der Waals surface area contributed by atoms with Crippen molar-refractivity contribution in [2.24, 2.45) is 0 Å². The number of hydrogen-bond donors (Lipinski definition) is 2. The first kappa shape index (κ1) is 14.3. The molecular weight excluding hydrogens is 252 g/mol. The molecule has 1 radical (unpaired) electrons. The molecule has 5 heteroatoms. The van der Waals surface area contributed by atoms with Crippen LogP contribution in [-0.2, 0) is 0 Å². The highest BCUT2D eigenvalue weighted by Crippen LogP contribution is 2.21. The SMILES string of the molecule is Cc1n[nH]cc1-c1c[c]cc(C(=O)NCCN(C)C)c1. The molecule has 0 unspecified atom stereocenters. The molecule has 0 atom stereocenters. The molecule has 1 amide bonds. The van der Waals surface area contributed by atoms with Crippen LogP contribution in [0.2, 0.25) is 0 Å². The van der Waals surface area contributed by atoms with E-state index in [1.165, 1.54) is 0 Å². The van der Waals surface area contributed by atoms with Crippen LogP contribution in [0.4, 0.5) is 0 Å². The summed E-state index contributed by atoms with van der Waals surface area (Å²) < 4.78 is 0. The summed E-state index contributed by atoms with van der Waals surface area (Å²) in [6, 6.07) is 8.43. The third-order valence-corrected chi connectivity index (χ3v) is 3.04. The van der Waals surface area contributed by atoms with Gasteiger partial charge in [0.05, 0.1) is 5.69 Å². The third kappa shape index (κ3) is 3.45. The number of likely N-dealkylation sites (N-methyl/N-ethyl adjacent to an activating group) is 1. The molecule has 105 valence electrons. The van der Waals surface area contributed by atoms with Crippen molar-refractivity contribution >= 4 is 5.91 Å². The Balaban J connectivity index is 2.10. The second-order valence-corrected chi connectivity index (χ2v) is 4.95. The summed E-state index contributed by atoms with van der Waals surface area (Å²) in [5, 5.41) is 9.81. The van der Waals surface area contributed by atoms with E-state index in [1.54, 1.807) is 6.07 Å². The molecule has 1 aromatic heterocycles. The second kappa shape index (κ2) is 6.34. The van der Waals surface area contributed by atoms with Crippen LogP contribution in [0.3, 0.4) is 0 Å². The van der Waals surface area contributed by atoms with Crippen molar-refractivity contribution in [3.8, 4) is 11.1 Å². The molecule has 1 aromatic carbocycles. The monoisotopic (exact) mass is 271 g/mol. The van der Waals surface area contributed by atoms with Gasteiger partial charge in [-0.25, -0.2) is 0 Å². The molecule has 0 aliphatic heterocycles. The van der Waals surface area contributed by atoms with Crippen molar-refractivity contribution in [2.45, 2.75) is 6.92 Å². The maximum absolute atomic E-state index is 12.1. The molecule has 0 aliphatic carbocycles. The Morgan fingerprint density at radius 3 is 2.90 bits per heavy atom. The Morgan fingerprint density at radius 2 is 2.25 bits per heavy atom. The fourth-order valence-electron chi connectivity index (χ4n) is 1.90. The van der Waals surface area contributed by atoms with Gasteiger partial charge in [-0.3, -0.25) is 9.89 Å². The van der Waals surface area contributed by atoms with E-state index in [0.717, 1.165) is 23.4 Å². The number of rotatable bonds is 5. The minimum Gasteiger partial charge on any atom is -0.351 e. The van der Waals surface area contributed by atoms with E-state index >= 15 is 0 Å². The van der Waals surface area contributed by atoms with Crippen LogP contribution in [-0.4, -0.2) is 48.2 Å². The second-order valence-electron chi connectivity index (χ2n) is 4.95. The average Bonchev–Trinajstić information content (AvgIpc) is 2.84. The standard InChI is InChI=1S/C15H19N4O/c1-11-14(10-17-18-11)12-5-4-6-13(9-12)15(20)16-7-8-19(2)3/h5-6,9-10H,7-8H2,1-3H3,(H,16,20)(H,17,18). The van der Waals surface area contributed by atoms with Crippen LogP contribution in [0.25, 0.3) is 11.1 Å². The fourth-order valence-corrected chi connectivity index (χ4v) is 1.90. The number of aromatic amines is 1. The Labute approximate surface area is 119 Å².